The summed E-state index contributed by atoms with van der Waals surface area (Å²) in [5, 5.41) is 18.7. The minimum atomic E-state index is -0.913. The molecule has 0 unspecified atom stereocenters. The van der Waals surface area contributed by atoms with Crippen molar-refractivity contribution in [2.75, 3.05) is 0 Å². The Hall–Kier alpha value is -1.92. The van der Waals surface area contributed by atoms with E-state index in [1.54, 1.807) is 11.6 Å². The van der Waals surface area contributed by atoms with E-state index in [1.165, 1.54) is 23.1 Å². The highest BCUT2D eigenvalue weighted by atomic mass is 32.2. The molecule has 0 aliphatic carbocycles. The van der Waals surface area contributed by atoms with E-state index in [4.69, 9.17) is 0 Å². The third-order valence-corrected chi connectivity index (χ3v) is 4.51. The van der Waals surface area contributed by atoms with Crippen LogP contribution in [0.5, 0.6) is 0 Å². The van der Waals surface area contributed by atoms with E-state index in [0.29, 0.717) is 5.56 Å². The van der Waals surface area contributed by atoms with Crippen LogP contribution in [0.15, 0.2) is 51.1 Å². The Kier molecular flexibility index (Phi) is 3.18. The molecule has 6 heteroatoms. The molecule has 0 aliphatic heterocycles. The maximum Gasteiger partial charge on any atom is 0.336 e. The van der Waals surface area contributed by atoms with Crippen molar-refractivity contribution in [1.29, 1.82) is 0 Å². The first-order valence-corrected chi connectivity index (χ1v) is 7.14. The van der Waals surface area contributed by atoms with Gasteiger partial charge in [-0.05, 0) is 22.9 Å². The molecule has 2 aromatic carbocycles. The first kappa shape index (κ1) is 12.1. The number of carboxylic acid groups (broad SMARTS) is 1. The standard InChI is InChI=1S/C13H8N2O2S2/c16-12(17)10-5-6-11(19-13-15-14-7-18-13)9-4-2-1-3-8(9)10/h1-7H,(H,16,17). The van der Waals surface area contributed by atoms with E-state index in [9.17, 15) is 9.90 Å². The van der Waals surface area contributed by atoms with Gasteiger partial charge in [0.2, 0.25) is 0 Å². The summed E-state index contributed by atoms with van der Waals surface area (Å²) < 4.78 is 0.841. The predicted octanol–water partition coefficient (Wildman–Crippen LogP) is 3.54. The van der Waals surface area contributed by atoms with Gasteiger partial charge in [-0.1, -0.05) is 47.4 Å². The van der Waals surface area contributed by atoms with Crippen molar-refractivity contribution in [2.45, 2.75) is 9.24 Å². The molecule has 0 aliphatic rings. The Morgan fingerprint density at radius 1 is 1.16 bits per heavy atom. The average Bonchev–Trinajstić information content (AvgIpc) is 2.91. The van der Waals surface area contributed by atoms with Gasteiger partial charge < -0.3 is 5.11 Å². The second kappa shape index (κ2) is 4.99. The highest BCUT2D eigenvalue weighted by Gasteiger charge is 2.12. The zero-order valence-electron chi connectivity index (χ0n) is 9.61. The fourth-order valence-electron chi connectivity index (χ4n) is 1.85. The number of aromatic carboxylic acids is 1. The van der Waals surface area contributed by atoms with Gasteiger partial charge in [0, 0.05) is 4.90 Å². The Bertz CT molecular complexity index is 741. The van der Waals surface area contributed by atoms with Gasteiger partial charge in [0.25, 0.3) is 0 Å². The number of hydrogen-bond acceptors (Lipinski definition) is 5. The van der Waals surface area contributed by atoms with Crippen LogP contribution in [0.1, 0.15) is 10.4 Å². The van der Waals surface area contributed by atoms with Crippen LogP contribution in [0, 0.1) is 0 Å². The molecule has 0 saturated carbocycles. The third-order valence-electron chi connectivity index (χ3n) is 2.65. The van der Waals surface area contributed by atoms with Crippen LogP contribution in [0.3, 0.4) is 0 Å². The van der Waals surface area contributed by atoms with E-state index in [-0.39, 0.29) is 0 Å². The fraction of sp³-hybridized carbons (Fsp3) is 0. The van der Waals surface area contributed by atoms with E-state index >= 15 is 0 Å². The summed E-state index contributed by atoms with van der Waals surface area (Å²) in [5.74, 6) is -0.913. The van der Waals surface area contributed by atoms with Crippen molar-refractivity contribution >= 4 is 39.8 Å². The minimum Gasteiger partial charge on any atom is -0.478 e. The summed E-state index contributed by atoms with van der Waals surface area (Å²) in [6.07, 6.45) is 0. The van der Waals surface area contributed by atoms with Gasteiger partial charge in [-0.25, -0.2) is 4.79 Å². The summed E-state index contributed by atoms with van der Waals surface area (Å²) in [7, 11) is 0. The van der Waals surface area contributed by atoms with Crippen molar-refractivity contribution in [3.8, 4) is 0 Å². The zero-order valence-corrected chi connectivity index (χ0v) is 11.2. The molecule has 4 nitrogen and oxygen atoms in total. The molecule has 0 spiro atoms. The Morgan fingerprint density at radius 3 is 2.63 bits per heavy atom. The summed E-state index contributed by atoms with van der Waals surface area (Å²) >= 11 is 2.96. The van der Waals surface area contributed by atoms with Crippen LogP contribution >= 0.6 is 23.1 Å². The van der Waals surface area contributed by atoms with Crippen LogP contribution in [0.4, 0.5) is 0 Å². The number of fused-ring (bicyclic) bond motifs is 1. The van der Waals surface area contributed by atoms with Crippen molar-refractivity contribution < 1.29 is 9.90 Å². The van der Waals surface area contributed by atoms with Crippen LogP contribution in [-0.2, 0) is 0 Å². The summed E-state index contributed by atoms with van der Waals surface area (Å²) in [6.45, 7) is 0. The van der Waals surface area contributed by atoms with Gasteiger partial charge in [0.05, 0.1) is 5.56 Å². The molecule has 0 bridgehead atoms. The van der Waals surface area contributed by atoms with Gasteiger partial charge >= 0.3 is 5.97 Å². The van der Waals surface area contributed by atoms with E-state index in [1.807, 2.05) is 30.3 Å². The van der Waals surface area contributed by atoms with Gasteiger partial charge in [0.15, 0.2) is 4.34 Å². The lowest BCUT2D eigenvalue weighted by atomic mass is 10.0. The van der Waals surface area contributed by atoms with Gasteiger partial charge in [0.1, 0.15) is 5.51 Å². The second-order valence-electron chi connectivity index (χ2n) is 3.77. The van der Waals surface area contributed by atoms with Gasteiger partial charge in [-0.3, -0.25) is 0 Å². The van der Waals surface area contributed by atoms with Gasteiger partial charge in [-0.15, -0.1) is 10.2 Å². The van der Waals surface area contributed by atoms with Crippen molar-refractivity contribution in [1.82, 2.24) is 10.2 Å². The number of benzene rings is 2. The molecule has 0 saturated heterocycles. The molecule has 3 aromatic rings. The molecule has 0 fully saturated rings. The lowest BCUT2D eigenvalue weighted by Gasteiger charge is -2.07. The Morgan fingerprint density at radius 2 is 1.95 bits per heavy atom. The molecule has 94 valence electrons. The number of carboxylic acids is 1. The van der Waals surface area contributed by atoms with Crippen LogP contribution < -0.4 is 0 Å². The summed E-state index contributed by atoms with van der Waals surface area (Å²) in [5.41, 5.74) is 1.99. The number of rotatable bonds is 3. The predicted molar refractivity (Wildman–Crippen MR) is 74.9 cm³/mol. The molecule has 1 heterocycles. The van der Waals surface area contributed by atoms with Gasteiger partial charge in [-0.2, -0.15) is 0 Å². The zero-order chi connectivity index (χ0) is 13.2. The molecule has 0 radical (unpaired) electrons. The third kappa shape index (κ3) is 2.32. The Balaban J connectivity index is 2.16. The smallest absolute Gasteiger partial charge is 0.336 e. The molecular formula is C13H8N2O2S2. The van der Waals surface area contributed by atoms with E-state index in [0.717, 1.165) is 20.0 Å². The highest BCUT2D eigenvalue weighted by Crippen LogP contribution is 2.35. The SMILES string of the molecule is O=C(O)c1ccc(Sc2nncs2)c2ccccc12. The summed E-state index contributed by atoms with van der Waals surface area (Å²) in [6, 6.07) is 10.9. The molecule has 3 rings (SSSR count). The quantitative estimate of drug-likeness (QED) is 0.798. The maximum atomic E-state index is 11.2. The summed E-state index contributed by atoms with van der Waals surface area (Å²) in [4.78, 5) is 12.2. The molecule has 0 amide bonds. The molecular weight excluding hydrogens is 280 g/mol. The number of nitrogens with zero attached hydrogens (tertiary/aromatic N) is 2. The average molecular weight is 288 g/mol. The largest absolute Gasteiger partial charge is 0.478 e. The Labute approximate surface area is 117 Å². The number of aromatic nitrogens is 2. The molecule has 19 heavy (non-hydrogen) atoms. The van der Waals surface area contributed by atoms with Crippen molar-refractivity contribution in [3.05, 3.63) is 47.5 Å². The van der Waals surface area contributed by atoms with Crippen LogP contribution in [0.25, 0.3) is 10.8 Å². The van der Waals surface area contributed by atoms with E-state index in [2.05, 4.69) is 10.2 Å². The second-order valence-corrected chi connectivity index (χ2v) is 5.89. The maximum absolute atomic E-state index is 11.2. The van der Waals surface area contributed by atoms with E-state index < -0.39 is 5.97 Å². The van der Waals surface area contributed by atoms with Crippen LogP contribution in [0.2, 0.25) is 0 Å². The molecule has 1 aromatic heterocycles. The lowest BCUT2D eigenvalue weighted by molar-refractivity contribution is 0.0699. The first-order valence-electron chi connectivity index (χ1n) is 5.45. The monoisotopic (exact) mass is 288 g/mol. The first-order chi connectivity index (χ1) is 9.25. The van der Waals surface area contributed by atoms with Crippen LogP contribution in [-0.4, -0.2) is 21.3 Å². The number of hydrogen-bond donors (Lipinski definition) is 1. The molecule has 0 atom stereocenters. The lowest BCUT2D eigenvalue weighted by Crippen LogP contribution is -1.97. The molecule has 1 N–H and O–H groups in total. The fourth-order valence-corrected chi connectivity index (χ4v) is 3.42. The van der Waals surface area contributed by atoms with Crippen molar-refractivity contribution in [3.63, 3.8) is 0 Å². The highest BCUT2D eigenvalue weighted by molar-refractivity contribution is 8.01. The normalized spacial score (nSPS) is 10.7. The minimum absolute atomic E-state index is 0.317. The number of carbonyl (C=O) groups is 1. The topological polar surface area (TPSA) is 63.1 Å². The van der Waals surface area contributed by atoms with Crippen molar-refractivity contribution in [2.24, 2.45) is 0 Å².